The number of halogens is 3. The summed E-state index contributed by atoms with van der Waals surface area (Å²) < 4.78 is 44.0. The largest absolute Gasteiger partial charge is 0.573 e. The van der Waals surface area contributed by atoms with Crippen LogP contribution >= 0.6 is 0 Å². The molecular formula is C21H21F3N4O2. The maximum atomic E-state index is 12.9. The fourth-order valence-electron chi connectivity index (χ4n) is 3.73. The highest BCUT2D eigenvalue weighted by atomic mass is 19.4. The van der Waals surface area contributed by atoms with Gasteiger partial charge in [-0.1, -0.05) is 24.6 Å². The highest BCUT2D eigenvalue weighted by Crippen LogP contribution is 2.27. The number of carbonyl (C=O) groups excluding carboxylic acids is 1. The number of hydrogen-bond donors (Lipinski definition) is 1. The van der Waals surface area contributed by atoms with Crippen molar-refractivity contribution in [2.45, 2.75) is 52.1 Å². The summed E-state index contributed by atoms with van der Waals surface area (Å²) in [6.45, 7) is 2.51. The highest BCUT2D eigenvalue weighted by Gasteiger charge is 2.32. The molecule has 1 aliphatic rings. The number of ether oxygens (including phenoxy) is 1. The van der Waals surface area contributed by atoms with Crippen LogP contribution in [-0.2, 0) is 19.5 Å². The Morgan fingerprint density at radius 2 is 2.00 bits per heavy atom. The molecule has 6 nitrogen and oxygen atoms in total. The van der Waals surface area contributed by atoms with Gasteiger partial charge in [0.15, 0.2) is 5.65 Å². The summed E-state index contributed by atoms with van der Waals surface area (Å²) >= 11 is 0. The number of aryl methyl sites for hydroxylation is 3. The van der Waals surface area contributed by atoms with Crippen LogP contribution in [0, 0.1) is 6.92 Å². The van der Waals surface area contributed by atoms with Gasteiger partial charge in [-0.25, -0.2) is 9.97 Å². The number of carbonyl (C=O) groups is 1. The lowest BCUT2D eigenvalue weighted by Crippen LogP contribution is -2.25. The third-order valence-electron chi connectivity index (χ3n) is 5.07. The molecule has 1 aromatic carbocycles. The van der Waals surface area contributed by atoms with Crippen LogP contribution in [0.2, 0.25) is 0 Å². The number of para-hydroxylation sites is 1. The average Bonchev–Trinajstić information content (AvgIpc) is 2.86. The van der Waals surface area contributed by atoms with Crippen molar-refractivity contribution in [3.8, 4) is 5.75 Å². The van der Waals surface area contributed by atoms with Crippen LogP contribution < -0.4 is 10.1 Å². The number of imidazole rings is 1. The summed E-state index contributed by atoms with van der Waals surface area (Å²) in [5.74, 6) is 0.161. The Bertz CT molecular complexity index is 1090. The van der Waals surface area contributed by atoms with E-state index in [4.69, 9.17) is 0 Å². The molecule has 0 fully saturated rings. The number of alkyl halides is 3. The fraction of sp³-hybridized carbons (Fsp3) is 0.381. The normalized spacial score (nSPS) is 14.3. The first-order valence-electron chi connectivity index (χ1n) is 9.80. The number of benzene rings is 1. The highest BCUT2D eigenvalue weighted by molar-refractivity contribution is 6.04. The molecule has 1 N–H and O–H groups in total. The van der Waals surface area contributed by atoms with Gasteiger partial charge in [-0.15, -0.1) is 13.2 Å². The third kappa shape index (κ3) is 4.24. The SMILES string of the molecule is Cc1cc(C(=O)NCc2ccccc2OC(F)(F)F)c2nc3n(c2n1)CCCCC3. The van der Waals surface area contributed by atoms with Gasteiger partial charge in [0.05, 0.1) is 5.56 Å². The minimum atomic E-state index is -4.80. The molecule has 0 saturated carbocycles. The minimum Gasteiger partial charge on any atom is -0.405 e. The van der Waals surface area contributed by atoms with Crippen molar-refractivity contribution in [3.05, 3.63) is 53.0 Å². The summed E-state index contributed by atoms with van der Waals surface area (Å²) in [5.41, 5.74) is 2.48. The second-order valence-corrected chi connectivity index (χ2v) is 7.31. The van der Waals surface area contributed by atoms with Crippen LogP contribution in [0.25, 0.3) is 11.2 Å². The van der Waals surface area contributed by atoms with Crippen molar-refractivity contribution in [2.75, 3.05) is 0 Å². The molecule has 3 heterocycles. The molecule has 158 valence electrons. The fourth-order valence-corrected chi connectivity index (χ4v) is 3.73. The maximum absolute atomic E-state index is 12.9. The standard InChI is InChI=1S/C21H21F3N4O2/c1-13-11-15(18-19(26-13)28-10-6-2-3-9-17(28)27-18)20(29)25-12-14-7-4-5-8-16(14)30-21(22,23)24/h4-5,7-8,11H,2-3,6,9-10,12H2,1H3,(H,25,29). The predicted molar refractivity (Wildman–Crippen MR) is 104 cm³/mol. The van der Waals surface area contributed by atoms with E-state index < -0.39 is 12.3 Å². The Hall–Kier alpha value is -3.10. The van der Waals surface area contributed by atoms with Crippen molar-refractivity contribution in [1.82, 2.24) is 19.9 Å². The van der Waals surface area contributed by atoms with Crippen molar-refractivity contribution >= 4 is 17.1 Å². The molecule has 2 aromatic heterocycles. The molecule has 0 unspecified atom stereocenters. The molecule has 0 atom stereocenters. The van der Waals surface area contributed by atoms with Gasteiger partial charge < -0.3 is 14.6 Å². The molecular weight excluding hydrogens is 397 g/mol. The van der Waals surface area contributed by atoms with Crippen LogP contribution in [0.1, 0.15) is 46.7 Å². The quantitative estimate of drug-likeness (QED) is 0.686. The first-order chi connectivity index (χ1) is 14.3. The molecule has 0 radical (unpaired) electrons. The number of fused-ring (bicyclic) bond motifs is 3. The van der Waals surface area contributed by atoms with Crippen LogP contribution in [0.5, 0.6) is 5.75 Å². The Morgan fingerprint density at radius 1 is 1.20 bits per heavy atom. The van der Waals surface area contributed by atoms with E-state index in [0.29, 0.717) is 22.4 Å². The number of amides is 1. The van der Waals surface area contributed by atoms with Gasteiger partial charge in [-0.05, 0) is 31.9 Å². The van der Waals surface area contributed by atoms with E-state index in [9.17, 15) is 18.0 Å². The van der Waals surface area contributed by atoms with Crippen LogP contribution in [-0.4, -0.2) is 26.8 Å². The van der Waals surface area contributed by atoms with E-state index in [1.807, 2.05) is 0 Å². The molecule has 0 aliphatic carbocycles. The van der Waals surface area contributed by atoms with Crippen LogP contribution in [0.3, 0.4) is 0 Å². The zero-order valence-corrected chi connectivity index (χ0v) is 16.4. The van der Waals surface area contributed by atoms with E-state index in [0.717, 1.165) is 38.1 Å². The second kappa shape index (κ2) is 7.97. The maximum Gasteiger partial charge on any atom is 0.573 e. The monoisotopic (exact) mass is 418 g/mol. The van der Waals surface area contributed by atoms with Gasteiger partial charge in [-0.3, -0.25) is 4.79 Å². The molecule has 0 saturated heterocycles. The van der Waals surface area contributed by atoms with Gasteiger partial charge in [0.2, 0.25) is 0 Å². The first-order valence-corrected chi connectivity index (χ1v) is 9.80. The first kappa shape index (κ1) is 20.2. The molecule has 9 heteroatoms. The number of pyridine rings is 1. The Morgan fingerprint density at radius 3 is 2.80 bits per heavy atom. The van der Waals surface area contributed by atoms with E-state index in [-0.39, 0.29) is 17.9 Å². The zero-order valence-electron chi connectivity index (χ0n) is 16.4. The number of nitrogens with zero attached hydrogens (tertiary/aromatic N) is 3. The van der Waals surface area contributed by atoms with Gasteiger partial charge in [0.1, 0.15) is 17.1 Å². The minimum absolute atomic E-state index is 0.110. The average molecular weight is 418 g/mol. The number of nitrogens with one attached hydrogen (secondary N) is 1. The van der Waals surface area contributed by atoms with Crippen molar-refractivity contribution in [2.24, 2.45) is 0 Å². The molecule has 1 amide bonds. The van der Waals surface area contributed by atoms with Crippen LogP contribution in [0.4, 0.5) is 13.2 Å². The van der Waals surface area contributed by atoms with Gasteiger partial charge in [0, 0.05) is 30.8 Å². The lowest BCUT2D eigenvalue weighted by molar-refractivity contribution is -0.274. The molecule has 4 rings (SSSR count). The third-order valence-corrected chi connectivity index (χ3v) is 5.07. The van der Waals surface area contributed by atoms with Gasteiger partial charge in [-0.2, -0.15) is 0 Å². The molecule has 0 spiro atoms. The Kier molecular flexibility index (Phi) is 5.36. The molecule has 30 heavy (non-hydrogen) atoms. The van der Waals surface area contributed by atoms with Crippen molar-refractivity contribution in [3.63, 3.8) is 0 Å². The van der Waals surface area contributed by atoms with E-state index in [1.165, 1.54) is 18.2 Å². The summed E-state index contributed by atoms with van der Waals surface area (Å²) in [6, 6.07) is 7.39. The summed E-state index contributed by atoms with van der Waals surface area (Å²) in [7, 11) is 0. The van der Waals surface area contributed by atoms with E-state index in [2.05, 4.69) is 24.6 Å². The van der Waals surface area contributed by atoms with Crippen LogP contribution in [0.15, 0.2) is 30.3 Å². The van der Waals surface area contributed by atoms with Gasteiger partial charge in [0.25, 0.3) is 5.91 Å². The number of rotatable bonds is 4. The topological polar surface area (TPSA) is 69.0 Å². The smallest absolute Gasteiger partial charge is 0.405 e. The van der Waals surface area contributed by atoms with Gasteiger partial charge >= 0.3 is 6.36 Å². The molecule has 3 aromatic rings. The summed E-state index contributed by atoms with van der Waals surface area (Å²) in [4.78, 5) is 22.2. The second-order valence-electron chi connectivity index (χ2n) is 7.31. The van der Waals surface area contributed by atoms with E-state index >= 15 is 0 Å². The molecule has 0 bridgehead atoms. The van der Waals surface area contributed by atoms with Crippen molar-refractivity contribution in [1.29, 1.82) is 0 Å². The predicted octanol–water partition coefficient (Wildman–Crippen LogP) is 4.29. The zero-order chi connectivity index (χ0) is 21.3. The lowest BCUT2D eigenvalue weighted by atomic mass is 10.1. The number of hydrogen-bond acceptors (Lipinski definition) is 4. The lowest BCUT2D eigenvalue weighted by Gasteiger charge is -2.14. The summed E-state index contributed by atoms with van der Waals surface area (Å²) in [5, 5.41) is 2.69. The Labute approximate surface area is 171 Å². The van der Waals surface area contributed by atoms with Crippen molar-refractivity contribution < 1.29 is 22.7 Å². The number of aromatic nitrogens is 3. The molecule has 1 aliphatic heterocycles. The van der Waals surface area contributed by atoms with E-state index in [1.54, 1.807) is 19.1 Å². The Balaban J connectivity index is 1.61. The summed E-state index contributed by atoms with van der Waals surface area (Å²) in [6.07, 6.45) is -0.768.